The van der Waals surface area contributed by atoms with E-state index in [-0.39, 0.29) is 25.6 Å². The zero-order valence-electron chi connectivity index (χ0n) is 14.6. The summed E-state index contributed by atoms with van der Waals surface area (Å²) in [4.78, 5) is 11.9. The number of ether oxygens (including phenoxy) is 4. The molecular formula is C19H20Cl2O5. The first-order valence-corrected chi connectivity index (χ1v) is 8.74. The maximum absolute atomic E-state index is 11.9. The molecule has 0 saturated carbocycles. The molecule has 0 aliphatic carbocycles. The Balaban J connectivity index is 1.74. The number of halogens is 2. The van der Waals surface area contributed by atoms with Gasteiger partial charge in [-0.2, -0.15) is 0 Å². The predicted molar refractivity (Wildman–Crippen MR) is 101 cm³/mol. The van der Waals surface area contributed by atoms with Crippen LogP contribution in [0.25, 0.3) is 0 Å². The summed E-state index contributed by atoms with van der Waals surface area (Å²) in [5.41, 5.74) is 0.957. The Morgan fingerprint density at radius 1 is 0.962 bits per heavy atom. The summed E-state index contributed by atoms with van der Waals surface area (Å²) in [5, 5.41) is 0.828. The molecule has 0 N–H and O–H groups in total. The average molecular weight is 399 g/mol. The lowest BCUT2D eigenvalue weighted by molar-refractivity contribution is -0.144. The van der Waals surface area contributed by atoms with Gasteiger partial charge in [0.15, 0.2) is 17.2 Å². The molecule has 0 aromatic heterocycles. The fourth-order valence-electron chi connectivity index (χ4n) is 2.27. The van der Waals surface area contributed by atoms with Crippen molar-refractivity contribution in [3.8, 4) is 17.2 Å². The molecule has 0 aliphatic rings. The van der Waals surface area contributed by atoms with E-state index in [2.05, 4.69) is 0 Å². The normalized spacial score (nSPS) is 10.3. The van der Waals surface area contributed by atoms with Crippen molar-refractivity contribution in [2.75, 3.05) is 27.4 Å². The van der Waals surface area contributed by atoms with Gasteiger partial charge in [-0.25, -0.2) is 0 Å². The number of carbonyl (C=O) groups excluding carboxylic acids is 1. The van der Waals surface area contributed by atoms with Crippen molar-refractivity contribution in [1.82, 2.24) is 0 Å². The van der Waals surface area contributed by atoms with E-state index in [4.69, 9.17) is 42.1 Å². The molecule has 0 bridgehead atoms. The summed E-state index contributed by atoms with van der Waals surface area (Å²) in [6, 6.07) is 10.6. The lowest BCUT2D eigenvalue weighted by atomic mass is 10.1. The van der Waals surface area contributed by atoms with Gasteiger partial charge in [0.2, 0.25) is 0 Å². The van der Waals surface area contributed by atoms with E-state index in [9.17, 15) is 4.79 Å². The van der Waals surface area contributed by atoms with Gasteiger partial charge in [0.25, 0.3) is 0 Å². The highest BCUT2D eigenvalue weighted by Gasteiger charge is 2.09. The summed E-state index contributed by atoms with van der Waals surface area (Å²) >= 11 is 12.0. The standard InChI is InChI=1S/C19H20Cl2O5/c1-23-16-8-6-13(12-17(16)24-2)7-9-18(22)25-10-11-26-19-14(20)4-3-5-15(19)21/h3-6,8,12H,7,9-11H2,1-2H3. The Labute approximate surface area is 162 Å². The highest BCUT2D eigenvalue weighted by Crippen LogP contribution is 2.32. The molecule has 5 nitrogen and oxygen atoms in total. The van der Waals surface area contributed by atoms with Crippen LogP contribution in [-0.4, -0.2) is 33.4 Å². The second-order valence-corrected chi connectivity index (χ2v) is 6.12. The molecule has 0 spiro atoms. The van der Waals surface area contributed by atoms with Crippen LogP contribution < -0.4 is 14.2 Å². The number of rotatable bonds is 9. The van der Waals surface area contributed by atoms with Crippen molar-refractivity contribution in [3.05, 3.63) is 52.0 Å². The summed E-state index contributed by atoms with van der Waals surface area (Å²) in [7, 11) is 3.15. The van der Waals surface area contributed by atoms with E-state index in [0.29, 0.717) is 33.7 Å². The van der Waals surface area contributed by atoms with E-state index < -0.39 is 0 Å². The number of esters is 1. The minimum absolute atomic E-state index is 0.117. The first-order valence-electron chi connectivity index (χ1n) is 7.98. The minimum atomic E-state index is -0.311. The number of hydrogen-bond donors (Lipinski definition) is 0. The summed E-state index contributed by atoms with van der Waals surface area (Å²) in [6.45, 7) is 0.290. The third-order valence-electron chi connectivity index (χ3n) is 3.58. The van der Waals surface area contributed by atoms with Crippen LogP contribution in [0.3, 0.4) is 0 Å². The Kier molecular flexibility index (Phi) is 7.88. The molecule has 0 aliphatic heterocycles. The van der Waals surface area contributed by atoms with Gasteiger partial charge in [-0.15, -0.1) is 0 Å². The van der Waals surface area contributed by atoms with Gasteiger partial charge in [-0.3, -0.25) is 4.79 Å². The van der Waals surface area contributed by atoms with Crippen LogP contribution in [0.15, 0.2) is 36.4 Å². The molecule has 26 heavy (non-hydrogen) atoms. The van der Waals surface area contributed by atoms with Gasteiger partial charge in [0.05, 0.1) is 24.3 Å². The van der Waals surface area contributed by atoms with Crippen molar-refractivity contribution in [2.45, 2.75) is 12.8 Å². The maximum atomic E-state index is 11.9. The second kappa shape index (κ2) is 10.1. The van der Waals surface area contributed by atoms with E-state index >= 15 is 0 Å². The highest BCUT2D eigenvalue weighted by molar-refractivity contribution is 6.37. The fourth-order valence-corrected chi connectivity index (χ4v) is 2.78. The molecule has 7 heteroatoms. The lowest BCUT2D eigenvalue weighted by Gasteiger charge is -2.11. The van der Waals surface area contributed by atoms with E-state index in [1.54, 1.807) is 38.5 Å². The van der Waals surface area contributed by atoms with E-state index in [1.165, 1.54) is 0 Å². The maximum Gasteiger partial charge on any atom is 0.306 e. The van der Waals surface area contributed by atoms with Crippen molar-refractivity contribution in [3.63, 3.8) is 0 Å². The number of hydrogen-bond acceptors (Lipinski definition) is 5. The molecule has 140 valence electrons. The number of aryl methyl sites for hydroxylation is 1. The smallest absolute Gasteiger partial charge is 0.306 e. The van der Waals surface area contributed by atoms with Crippen LogP contribution in [0.4, 0.5) is 0 Å². The van der Waals surface area contributed by atoms with Gasteiger partial charge in [-0.05, 0) is 36.2 Å². The zero-order chi connectivity index (χ0) is 18.9. The monoisotopic (exact) mass is 398 g/mol. The summed E-state index contributed by atoms with van der Waals surface area (Å²) in [6.07, 6.45) is 0.790. The first-order chi connectivity index (χ1) is 12.5. The molecule has 0 atom stereocenters. The number of para-hydroxylation sites is 1. The predicted octanol–water partition coefficient (Wildman–Crippen LogP) is 4.57. The average Bonchev–Trinajstić information content (AvgIpc) is 2.65. The molecule has 2 rings (SSSR count). The van der Waals surface area contributed by atoms with Crippen LogP contribution in [0, 0.1) is 0 Å². The Hall–Kier alpha value is -2.11. The second-order valence-electron chi connectivity index (χ2n) is 5.31. The largest absolute Gasteiger partial charge is 0.493 e. The Morgan fingerprint density at radius 3 is 2.31 bits per heavy atom. The fraction of sp³-hybridized carbons (Fsp3) is 0.316. The highest BCUT2D eigenvalue weighted by atomic mass is 35.5. The zero-order valence-corrected chi connectivity index (χ0v) is 16.1. The number of benzene rings is 2. The van der Waals surface area contributed by atoms with Gasteiger partial charge < -0.3 is 18.9 Å². The first kappa shape index (κ1) is 20.2. The molecule has 2 aromatic carbocycles. The Bertz CT molecular complexity index is 728. The lowest BCUT2D eigenvalue weighted by Crippen LogP contribution is -2.13. The van der Waals surface area contributed by atoms with E-state index in [1.807, 2.05) is 12.1 Å². The molecule has 0 radical (unpaired) electrons. The van der Waals surface area contributed by atoms with E-state index in [0.717, 1.165) is 5.56 Å². The quantitative estimate of drug-likeness (QED) is 0.457. The molecule has 2 aromatic rings. The molecular weight excluding hydrogens is 379 g/mol. The van der Waals surface area contributed by atoms with Crippen molar-refractivity contribution in [2.24, 2.45) is 0 Å². The number of methoxy groups -OCH3 is 2. The van der Waals surface area contributed by atoms with Crippen LogP contribution in [0.2, 0.25) is 10.0 Å². The van der Waals surface area contributed by atoms with Crippen LogP contribution in [-0.2, 0) is 16.0 Å². The van der Waals surface area contributed by atoms with Crippen molar-refractivity contribution >= 4 is 29.2 Å². The SMILES string of the molecule is COc1ccc(CCC(=O)OCCOc2c(Cl)cccc2Cl)cc1OC. The molecule has 0 amide bonds. The number of carbonyl (C=O) groups is 1. The van der Waals surface area contributed by atoms with Gasteiger partial charge in [0, 0.05) is 6.42 Å². The van der Waals surface area contributed by atoms with Crippen LogP contribution >= 0.6 is 23.2 Å². The minimum Gasteiger partial charge on any atom is -0.493 e. The topological polar surface area (TPSA) is 54.0 Å². The molecule has 0 saturated heterocycles. The third kappa shape index (κ3) is 5.71. The Morgan fingerprint density at radius 2 is 1.65 bits per heavy atom. The van der Waals surface area contributed by atoms with Crippen LogP contribution in [0.5, 0.6) is 17.2 Å². The molecule has 0 fully saturated rings. The molecule has 0 heterocycles. The van der Waals surface area contributed by atoms with Crippen molar-refractivity contribution < 1.29 is 23.7 Å². The van der Waals surface area contributed by atoms with Gasteiger partial charge in [0.1, 0.15) is 13.2 Å². The summed E-state index contributed by atoms with van der Waals surface area (Å²) < 4.78 is 21.1. The molecule has 0 unspecified atom stereocenters. The van der Waals surface area contributed by atoms with Crippen molar-refractivity contribution in [1.29, 1.82) is 0 Å². The van der Waals surface area contributed by atoms with Gasteiger partial charge >= 0.3 is 5.97 Å². The van der Waals surface area contributed by atoms with Crippen LogP contribution in [0.1, 0.15) is 12.0 Å². The summed E-state index contributed by atoms with van der Waals surface area (Å²) in [5.74, 6) is 1.35. The third-order valence-corrected chi connectivity index (χ3v) is 4.17. The van der Waals surface area contributed by atoms with Gasteiger partial charge in [-0.1, -0.05) is 35.3 Å².